The first-order valence-corrected chi connectivity index (χ1v) is 7.71. The number of nitrogens with zero attached hydrogens (tertiary/aromatic N) is 2. The number of benzene rings is 1. The molecule has 0 saturated heterocycles. The van der Waals surface area contributed by atoms with Gasteiger partial charge in [-0.1, -0.05) is 31.2 Å². The van der Waals surface area contributed by atoms with E-state index in [1.165, 1.54) is 5.69 Å². The molecule has 3 nitrogen and oxygen atoms in total. The molecule has 2 aromatic rings. The zero-order valence-corrected chi connectivity index (χ0v) is 13.0. The van der Waals surface area contributed by atoms with Crippen LogP contribution in [0.5, 0.6) is 0 Å². The van der Waals surface area contributed by atoms with Crippen molar-refractivity contribution >= 4 is 5.69 Å². The average molecular weight is 283 g/mol. The smallest absolute Gasteiger partial charge is 0.0547 e. The maximum absolute atomic E-state index is 4.58. The fourth-order valence-corrected chi connectivity index (χ4v) is 2.36. The largest absolute Gasteiger partial charge is 0.385 e. The van der Waals surface area contributed by atoms with E-state index in [4.69, 9.17) is 0 Å². The summed E-state index contributed by atoms with van der Waals surface area (Å²) in [6, 6.07) is 16.6. The molecule has 1 aromatic heterocycles. The van der Waals surface area contributed by atoms with Crippen LogP contribution in [0.25, 0.3) is 0 Å². The second kappa shape index (κ2) is 8.42. The molecule has 0 aliphatic rings. The van der Waals surface area contributed by atoms with Gasteiger partial charge in [-0.05, 0) is 44.2 Å². The van der Waals surface area contributed by atoms with E-state index in [2.05, 4.69) is 58.5 Å². The normalized spacial score (nSPS) is 10.8. The Hall–Kier alpha value is -1.87. The highest BCUT2D eigenvalue weighted by atomic mass is 15.1. The number of pyridine rings is 1. The van der Waals surface area contributed by atoms with Gasteiger partial charge < -0.3 is 5.32 Å². The van der Waals surface area contributed by atoms with Crippen LogP contribution in [-0.2, 0) is 6.54 Å². The van der Waals surface area contributed by atoms with Crippen molar-refractivity contribution in [1.29, 1.82) is 0 Å². The molecule has 0 aliphatic heterocycles. The van der Waals surface area contributed by atoms with Gasteiger partial charge in [0, 0.05) is 31.0 Å². The van der Waals surface area contributed by atoms with Crippen LogP contribution in [0.4, 0.5) is 5.69 Å². The molecular formula is C18H25N3. The Kier molecular flexibility index (Phi) is 6.22. The third kappa shape index (κ3) is 5.56. The number of aryl methyl sites for hydroxylation is 1. The zero-order chi connectivity index (χ0) is 14.9. The van der Waals surface area contributed by atoms with Gasteiger partial charge >= 0.3 is 0 Å². The minimum absolute atomic E-state index is 0.934. The zero-order valence-electron chi connectivity index (χ0n) is 13.0. The fraction of sp³-hybridized carbons (Fsp3) is 0.389. The average Bonchev–Trinajstić information content (AvgIpc) is 2.51. The molecule has 112 valence electrons. The minimum Gasteiger partial charge on any atom is -0.385 e. The molecular weight excluding hydrogens is 258 g/mol. The second-order valence-electron chi connectivity index (χ2n) is 5.29. The van der Waals surface area contributed by atoms with Crippen molar-refractivity contribution in [2.45, 2.75) is 26.8 Å². The Morgan fingerprint density at radius 3 is 2.57 bits per heavy atom. The van der Waals surface area contributed by atoms with E-state index >= 15 is 0 Å². The maximum atomic E-state index is 4.58. The summed E-state index contributed by atoms with van der Waals surface area (Å²) in [5.41, 5.74) is 3.45. The summed E-state index contributed by atoms with van der Waals surface area (Å²) in [5.74, 6) is 0. The number of nitrogens with one attached hydrogen (secondary N) is 1. The molecule has 0 bridgehead atoms. The predicted octanol–water partition coefficient (Wildman–Crippen LogP) is 3.71. The topological polar surface area (TPSA) is 28.2 Å². The summed E-state index contributed by atoms with van der Waals surface area (Å²) in [4.78, 5) is 7.02. The van der Waals surface area contributed by atoms with Crippen LogP contribution in [0.1, 0.15) is 24.7 Å². The lowest BCUT2D eigenvalue weighted by molar-refractivity contribution is 0.275. The standard InChI is InChI=1S/C18H25N3/c1-3-21(15-18-12-7-9-16(2)20-18)14-8-13-19-17-10-5-4-6-11-17/h4-7,9-12,19H,3,8,13-15H2,1-2H3. The highest BCUT2D eigenvalue weighted by Gasteiger charge is 2.04. The SMILES string of the molecule is CCN(CCCNc1ccccc1)Cc1cccc(C)n1. The molecule has 0 saturated carbocycles. The first kappa shape index (κ1) is 15.5. The van der Waals surface area contributed by atoms with Crippen LogP contribution in [-0.4, -0.2) is 29.5 Å². The highest BCUT2D eigenvalue weighted by Crippen LogP contribution is 2.06. The van der Waals surface area contributed by atoms with E-state index < -0.39 is 0 Å². The van der Waals surface area contributed by atoms with Gasteiger partial charge in [0.1, 0.15) is 0 Å². The molecule has 0 aliphatic carbocycles. The molecule has 21 heavy (non-hydrogen) atoms. The summed E-state index contributed by atoms with van der Waals surface area (Å²) in [5, 5.41) is 3.45. The van der Waals surface area contributed by atoms with E-state index in [-0.39, 0.29) is 0 Å². The third-order valence-electron chi connectivity index (χ3n) is 3.53. The molecule has 0 atom stereocenters. The number of para-hydroxylation sites is 1. The molecule has 1 N–H and O–H groups in total. The minimum atomic E-state index is 0.934. The molecule has 3 heteroatoms. The Labute approximate surface area is 128 Å². The van der Waals surface area contributed by atoms with E-state index in [1.807, 2.05) is 19.1 Å². The lowest BCUT2D eigenvalue weighted by atomic mass is 10.2. The number of aromatic nitrogens is 1. The fourth-order valence-electron chi connectivity index (χ4n) is 2.36. The quantitative estimate of drug-likeness (QED) is 0.749. The molecule has 0 amide bonds. The maximum Gasteiger partial charge on any atom is 0.0547 e. The van der Waals surface area contributed by atoms with Crippen molar-refractivity contribution in [3.05, 3.63) is 59.9 Å². The summed E-state index contributed by atoms with van der Waals surface area (Å²) >= 11 is 0. The van der Waals surface area contributed by atoms with Gasteiger partial charge in [-0.25, -0.2) is 0 Å². The number of hydrogen-bond donors (Lipinski definition) is 1. The van der Waals surface area contributed by atoms with Crippen LogP contribution in [0.15, 0.2) is 48.5 Å². The number of hydrogen-bond acceptors (Lipinski definition) is 3. The van der Waals surface area contributed by atoms with Gasteiger partial charge in [0.15, 0.2) is 0 Å². The van der Waals surface area contributed by atoms with Crippen molar-refractivity contribution in [3.8, 4) is 0 Å². The molecule has 0 spiro atoms. The Balaban J connectivity index is 1.72. The van der Waals surface area contributed by atoms with Crippen LogP contribution < -0.4 is 5.32 Å². The Morgan fingerprint density at radius 1 is 1.05 bits per heavy atom. The van der Waals surface area contributed by atoms with Gasteiger partial charge in [-0.2, -0.15) is 0 Å². The lowest BCUT2D eigenvalue weighted by Gasteiger charge is -2.20. The molecule has 0 fully saturated rings. The van der Waals surface area contributed by atoms with Gasteiger partial charge in [-0.3, -0.25) is 9.88 Å². The molecule has 2 rings (SSSR count). The monoisotopic (exact) mass is 283 g/mol. The molecule has 0 radical (unpaired) electrons. The summed E-state index contributed by atoms with van der Waals surface area (Å²) < 4.78 is 0. The summed E-state index contributed by atoms with van der Waals surface area (Å²) in [6.07, 6.45) is 1.13. The van der Waals surface area contributed by atoms with Crippen LogP contribution in [0, 0.1) is 6.92 Å². The van der Waals surface area contributed by atoms with Crippen LogP contribution in [0.3, 0.4) is 0 Å². The lowest BCUT2D eigenvalue weighted by Crippen LogP contribution is -2.26. The highest BCUT2D eigenvalue weighted by molar-refractivity contribution is 5.42. The van der Waals surface area contributed by atoms with Gasteiger partial charge in [0.25, 0.3) is 0 Å². The molecule has 1 heterocycles. The number of rotatable bonds is 8. The van der Waals surface area contributed by atoms with E-state index in [0.29, 0.717) is 0 Å². The first-order chi connectivity index (χ1) is 10.3. The van der Waals surface area contributed by atoms with Crippen LogP contribution in [0.2, 0.25) is 0 Å². The first-order valence-electron chi connectivity index (χ1n) is 7.71. The van der Waals surface area contributed by atoms with Crippen LogP contribution >= 0.6 is 0 Å². The summed E-state index contributed by atoms with van der Waals surface area (Å²) in [6.45, 7) is 8.34. The Bertz CT molecular complexity index is 525. The molecule has 0 unspecified atom stereocenters. The molecule has 1 aromatic carbocycles. The summed E-state index contributed by atoms with van der Waals surface area (Å²) in [7, 11) is 0. The third-order valence-corrected chi connectivity index (χ3v) is 3.53. The van der Waals surface area contributed by atoms with Crippen molar-refractivity contribution in [2.75, 3.05) is 25.0 Å². The number of anilines is 1. The van der Waals surface area contributed by atoms with Crippen molar-refractivity contribution in [2.24, 2.45) is 0 Å². The van der Waals surface area contributed by atoms with Gasteiger partial charge in [0.2, 0.25) is 0 Å². The Morgan fingerprint density at radius 2 is 1.86 bits per heavy atom. The van der Waals surface area contributed by atoms with E-state index in [1.54, 1.807) is 0 Å². The van der Waals surface area contributed by atoms with E-state index in [0.717, 1.165) is 44.0 Å². The van der Waals surface area contributed by atoms with Gasteiger partial charge in [-0.15, -0.1) is 0 Å². The van der Waals surface area contributed by atoms with E-state index in [9.17, 15) is 0 Å². The van der Waals surface area contributed by atoms with Crippen molar-refractivity contribution in [3.63, 3.8) is 0 Å². The second-order valence-corrected chi connectivity index (χ2v) is 5.29. The predicted molar refractivity (Wildman–Crippen MR) is 89.5 cm³/mol. The van der Waals surface area contributed by atoms with Gasteiger partial charge in [0.05, 0.1) is 5.69 Å². The van der Waals surface area contributed by atoms with Crippen molar-refractivity contribution < 1.29 is 0 Å². The van der Waals surface area contributed by atoms with Crippen molar-refractivity contribution in [1.82, 2.24) is 9.88 Å².